The Labute approximate surface area is 181 Å². The molecule has 2 aliphatic rings. The maximum atomic E-state index is 5.48. The predicted octanol–water partition coefficient (Wildman–Crippen LogP) is 6.26. The van der Waals surface area contributed by atoms with Crippen LogP contribution in [0.5, 0.6) is 0 Å². The molecule has 5 nitrogen and oxygen atoms in total. The van der Waals surface area contributed by atoms with E-state index in [0.29, 0.717) is 5.92 Å². The quantitative estimate of drug-likeness (QED) is 0.417. The molecule has 2 aromatic carbocycles. The zero-order valence-electron chi connectivity index (χ0n) is 17.6. The summed E-state index contributed by atoms with van der Waals surface area (Å²) in [5.41, 5.74) is 9.72. The normalized spacial score (nSPS) is 17.2. The molecule has 5 heteroatoms. The fraction of sp³-hybridized carbons (Fsp3) is 0.231. The van der Waals surface area contributed by atoms with E-state index in [1.54, 1.807) is 0 Å². The second-order valence-electron chi connectivity index (χ2n) is 8.51. The lowest BCUT2D eigenvalue weighted by atomic mass is 9.93. The first-order valence-corrected chi connectivity index (χ1v) is 10.8. The van der Waals surface area contributed by atoms with E-state index in [2.05, 4.69) is 58.3 Å². The van der Waals surface area contributed by atoms with Crippen molar-refractivity contribution < 1.29 is 4.52 Å². The van der Waals surface area contributed by atoms with E-state index in [0.717, 1.165) is 56.3 Å². The van der Waals surface area contributed by atoms with Gasteiger partial charge in [-0.2, -0.15) is 0 Å². The first-order chi connectivity index (χ1) is 15.2. The number of pyridine rings is 1. The minimum Gasteiger partial charge on any atom is -0.363 e. The highest BCUT2D eigenvalue weighted by Crippen LogP contribution is 2.48. The molecule has 4 aromatic rings. The summed E-state index contributed by atoms with van der Waals surface area (Å²) in [6.45, 7) is 3.97. The van der Waals surface area contributed by atoms with Gasteiger partial charge in [-0.25, -0.2) is 0 Å². The van der Waals surface area contributed by atoms with Crippen molar-refractivity contribution in [3.8, 4) is 33.5 Å². The van der Waals surface area contributed by atoms with Crippen LogP contribution in [0.15, 0.2) is 65.3 Å². The average Bonchev–Trinajstić information content (AvgIpc) is 3.48. The van der Waals surface area contributed by atoms with Gasteiger partial charge in [0.05, 0.1) is 28.9 Å². The third kappa shape index (κ3) is 3.08. The number of anilines is 2. The van der Waals surface area contributed by atoms with Crippen LogP contribution in [0.25, 0.3) is 33.5 Å². The molecular weight excluding hydrogens is 384 g/mol. The number of nitrogens with zero attached hydrogens (tertiary/aromatic N) is 2. The highest BCUT2D eigenvalue weighted by atomic mass is 16.5. The molecule has 1 aliphatic carbocycles. The molecule has 2 N–H and O–H groups in total. The number of aromatic nitrogens is 2. The van der Waals surface area contributed by atoms with Crippen LogP contribution in [0.2, 0.25) is 0 Å². The molecule has 0 amide bonds. The fourth-order valence-corrected chi connectivity index (χ4v) is 4.64. The van der Waals surface area contributed by atoms with Crippen LogP contribution in [-0.4, -0.2) is 16.3 Å². The molecule has 0 bridgehead atoms. The number of aryl methyl sites for hydroxylation is 2. The Morgan fingerprint density at radius 3 is 2.48 bits per heavy atom. The van der Waals surface area contributed by atoms with Crippen molar-refractivity contribution in [1.82, 2.24) is 10.1 Å². The maximum absolute atomic E-state index is 5.48. The first-order valence-electron chi connectivity index (χ1n) is 10.8. The number of fused-ring (bicyclic) bond motifs is 1. The van der Waals surface area contributed by atoms with E-state index in [1.165, 1.54) is 12.8 Å². The largest absolute Gasteiger partial charge is 0.363 e. The lowest BCUT2D eigenvalue weighted by Gasteiger charge is -2.15. The topological polar surface area (TPSA) is 63.0 Å². The smallest absolute Gasteiger partial charge is 0.141 e. The minimum atomic E-state index is 0.283. The molecule has 0 spiro atoms. The van der Waals surface area contributed by atoms with Gasteiger partial charge in [-0.15, -0.1) is 0 Å². The Kier molecular flexibility index (Phi) is 4.10. The molecule has 1 atom stereocenters. The maximum Gasteiger partial charge on any atom is 0.141 e. The molecule has 0 radical (unpaired) electrons. The predicted molar refractivity (Wildman–Crippen MR) is 124 cm³/mol. The van der Waals surface area contributed by atoms with E-state index in [1.807, 2.05) is 32.2 Å². The van der Waals surface area contributed by atoms with Gasteiger partial charge in [-0.1, -0.05) is 41.6 Å². The summed E-state index contributed by atoms with van der Waals surface area (Å²) < 4.78 is 5.48. The van der Waals surface area contributed by atoms with Gasteiger partial charge in [0, 0.05) is 28.5 Å². The molecule has 1 fully saturated rings. The van der Waals surface area contributed by atoms with Gasteiger partial charge in [0.25, 0.3) is 0 Å². The first kappa shape index (κ1) is 18.2. The van der Waals surface area contributed by atoms with Gasteiger partial charge in [-0.3, -0.25) is 4.98 Å². The Morgan fingerprint density at radius 1 is 0.903 bits per heavy atom. The number of benzene rings is 2. The summed E-state index contributed by atoms with van der Waals surface area (Å²) in [5.74, 6) is 1.52. The molecule has 1 aliphatic heterocycles. The second kappa shape index (κ2) is 6.98. The number of nitrogens with one attached hydrogen (secondary N) is 2. The van der Waals surface area contributed by atoms with Crippen molar-refractivity contribution in [2.24, 2.45) is 5.92 Å². The second-order valence-corrected chi connectivity index (χ2v) is 8.51. The summed E-state index contributed by atoms with van der Waals surface area (Å²) in [6.07, 6.45) is 4.69. The van der Waals surface area contributed by atoms with Crippen LogP contribution in [-0.2, 0) is 0 Å². The van der Waals surface area contributed by atoms with Crippen LogP contribution in [0.4, 0.5) is 11.4 Å². The minimum absolute atomic E-state index is 0.283. The van der Waals surface area contributed by atoms with Crippen molar-refractivity contribution in [3.05, 3.63) is 72.2 Å². The molecule has 0 saturated heterocycles. The molecule has 6 rings (SSSR count). The van der Waals surface area contributed by atoms with Crippen LogP contribution in [0, 0.1) is 19.8 Å². The van der Waals surface area contributed by atoms with Crippen LogP contribution in [0.1, 0.15) is 24.3 Å². The molecule has 3 heterocycles. The van der Waals surface area contributed by atoms with Crippen molar-refractivity contribution >= 4 is 11.4 Å². The van der Waals surface area contributed by atoms with Gasteiger partial charge in [0.1, 0.15) is 5.76 Å². The van der Waals surface area contributed by atoms with E-state index in [-0.39, 0.29) is 6.17 Å². The van der Waals surface area contributed by atoms with Crippen LogP contribution in [0.3, 0.4) is 0 Å². The van der Waals surface area contributed by atoms with Gasteiger partial charge < -0.3 is 15.2 Å². The highest BCUT2D eigenvalue weighted by Gasteiger charge is 2.36. The standard InChI is InChI=1S/C26H24N4O/c1-15-23(16(2)31-30-15)19-13-21(25-22(14-19)28-26(29-25)18-10-11-18)20-9-6-12-27-24(20)17-7-4-3-5-8-17/h3-9,12-14,18,26,28-29H,10-11H2,1-2H3/t26-/m0/s1. The molecular formula is C26H24N4O. The fourth-order valence-electron chi connectivity index (χ4n) is 4.64. The van der Waals surface area contributed by atoms with E-state index in [9.17, 15) is 0 Å². The number of hydrogen-bond donors (Lipinski definition) is 2. The summed E-state index contributed by atoms with van der Waals surface area (Å²) in [7, 11) is 0. The zero-order chi connectivity index (χ0) is 20.9. The third-order valence-corrected chi connectivity index (χ3v) is 6.31. The van der Waals surface area contributed by atoms with E-state index in [4.69, 9.17) is 9.51 Å². The van der Waals surface area contributed by atoms with Crippen molar-refractivity contribution in [1.29, 1.82) is 0 Å². The lowest BCUT2D eigenvalue weighted by molar-refractivity contribution is 0.393. The van der Waals surface area contributed by atoms with Crippen LogP contribution >= 0.6 is 0 Å². The van der Waals surface area contributed by atoms with E-state index < -0.39 is 0 Å². The molecule has 31 heavy (non-hydrogen) atoms. The molecule has 154 valence electrons. The Hall–Kier alpha value is -3.60. The summed E-state index contributed by atoms with van der Waals surface area (Å²) in [4.78, 5) is 4.77. The van der Waals surface area contributed by atoms with Crippen LogP contribution < -0.4 is 10.6 Å². The Morgan fingerprint density at radius 2 is 1.74 bits per heavy atom. The SMILES string of the molecule is Cc1noc(C)c1-c1cc2c(c(-c3cccnc3-c3ccccc3)c1)N[C@@H](C1CC1)N2. The third-order valence-electron chi connectivity index (χ3n) is 6.31. The Balaban J connectivity index is 1.57. The van der Waals surface area contributed by atoms with Crippen molar-refractivity contribution in [2.75, 3.05) is 10.6 Å². The number of hydrogen-bond acceptors (Lipinski definition) is 5. The summed E-state index contributed by atoms with van der Waals surface area (Å²) >= 11 is 0. The number of rotatable bonds is 4. The summed E-state index contributed by atoms with van der Waals surface area (Å²) in [5, 5.41) is 11.7. The molecule has 0 unspecified atom stereocenters. The highest BCUT2D eigenvalue weighted by molar-refractivity contribution is 5.98. The van der Waals surface area contributed by atoms with Gasteiger partial charge >= 0.3 is 0 Å². The van der Waals surface area contributed by atoms with Gasteiger partial charge in [-0.05, 0) is 56.4 Å². The van der Waals surface area contributed by atoms with Crippen molar-refractivity contribution in [3.63, 3.8) is 0 Å². The summed E-state index contributed by atoms with van der Waals surface area (Å²) in [6, 6.07) is 19.0. The molecule has 2 aromatic heterocycles. The van der Waals surface area contributed by atoms with E-state index >= 15 is 0 Å². The molecule has 1 saturated carbocycles. The van der Waals surface area contributed by atoms with Gasteiger partial charge in [0.2, 0.25) is 0 Å². The van der Waals surface area contributed by atoms with Crippen molar-refractivity contribution in [2.45, 2.75) is 32.9 Å². The van der Waals surface area contributed by atoms with Gasteiger partial charge in [0.15, 0.2) is 0 Å². The lowest BCUT2D eigenvalue weighted by Crippen LogP contribution is -2.24. The Bertz CT molecular complexity index is 1250. The zero-order valence-corrected chi connectivity index (χ0v) is 17.6. The monoisotopic (exact) mass is 408 g/mol. The average molecular weight is 409 g/mol.